The number of nitrogens with zero attached hydrogens (tertiary/aromatic N) is 2. The van der Waals surface area contributed by atoms with E-state index in [0.717, 1.165) is 12.1 Å². The summed E-state index contributed by atoms with van der Waals surface area (Å²) in [6.07, 6.45) is 4.44. The van der Waals surface area contributed by atoms with Crippen LogP contribution in [-0.2, 0) is 21.2 Å². The molecule has 0 aliphatic carbocycles. The number of carbonyl (C=O) groups is 1. The predicted molar refractivity (Wildman–Crippen MR) is 138 cm³/mol. The molecule has 0 saturated carbocycles. The number of hydrogen-bond donors (Lipinski definition) is 1. The summed E-state index contributed by atoms with van der Waals surface area (Å²) >= 11 is 0. The van der Waals surface area contributed by atoms with Crippen LogP contribution in [0.5, 0.6) is 5.75 Å². The number of hydrogen-bond acceptors (Lipinski definition) is 9. The van der Waals surface area contributed by atoms with E-state index in [4.69, 9.17) is 20.3 Å². The van der Waals surface area contributed by atoms with Crippen LogP contribution in [0, 0.1) is 22.5 Å². The molecule has 2 aromatic carbocycles. The van der Waals surface area contributed by atoms with E-state index in [1.807, 2.05) is 0 Å². The second kappa shape index (κ2) is 11.1. The van der Waals surface area contributed by atoms with Crippen molar-refractivity contribution < 1.29 is 37.1 Å². The van der Waals surface area contributed by atoms with E-state index in [0.29, 0.717) is 32.2 Å². The fraction of sp³-hybridized carbons (Fsp3) is 0.346. The number of para-hydroxylation sites is 1. The summed E-state index contributed by atoms with van der Waals surface area (Å²) in [5.74, 6) is 2.77. The molecule has 11 nitrogen and oxygen atoms in total. The van der Waals surface area contributed by atoms with E-state index >= 15 is 0 Å². The Morgan fingerprint density at radius 1 is 1.26 bits per heavy atom. The third-order valence-corrected chi connectivity index (χ3v) is 7.31. The molecule has 0 bridgehead atoms. The Balaban J connectivity index is 2.10. The Morgan fingerprint density at radius 3 is 2.55 bits per heavy atom. The Labute approximate surface area is 220 Å². The van der Waals surface area contributed by atoms with Crippen molar-refractivity contribution in [3.8, 4) is 18.1 Å². The van der Waals surface area contributed by atoms with Crippen LogP contribution < -0.4 is 4.74 Å². The van der Waals surface area contributed by atoms with Gasteiger partial charge >= 0.3 is 6.09 Å². The molecule has 3 aromatic rings. The van der Waals surface area contributed by atoms with Crippen molar-refractivity contribution in [1.82, 2.24) is 4.31 Å². The molecule has 3 rings (SSSR count). The van der Waals surface area contributed by atoms with Gasteiger partial charge in [0.1, 0.15) is 5.60 Å². The van der Waals surface area contributed by atoms with Gasteiger partial charge in [-0.05, 0) is 44.9 Å². The maximum Gasteiger partial charge on any atom is 0.424 e. The van der Waals surface area contributed by atoms with E-state index in [9.17, 15) is 28.4 Å². The van der Waals surface area contributed by atoms with Gasteiger partial charge in [0.2, 0.25) is 0 Å². The number of methoxy groups -OCH3 is 1. The van der Waals surface area contributed by atoms with E-state index < -0.39 is 49.9 Å². The van der Waals surface area contributed by atoms with Crippen molar-refractivity contribution in [2.24, 2.45) is 0 Å². The summed E-state index contributed by atoms with van der Waals surface area (Å²) in [5.41, 5.74) is -0.528. The highest BCUT2D eigenvalue weighted by molar-refractivity contribution is 7.89. The maximum atomic E-state index is 13.6. The fourth-order valence-electron chi connectivity index (χ4n) is 3.85. The summed E-state index contributed by atoms with van der Waals surface area (Å²) in [5, 5.41) is 22.6. The third kappa shape index (κ3) is 5.90. The van der Waals surface area contributed by atoms with Crippen molar-refractivity contribution in [2.45, 2.75) is 50.2 Å². The maximum absolute atomic E-state index is 13.6. The summed E-state index contributed by atoms with van der Waals surface area (Å²) in [4.78, 5) is 23.1. The molecule has 0 aliphatic heterocycles. The lowest BCUT2D eigenvalue weighted by molar-refractivity contribution is -0.387. The van der Waals surface area contributed by atoms with Crippen LogP contribution in [0.2, 0.25) is 0 Å². The number of fused-ring (bicyclic) bond motifs is 1. The van der Waals surface area contributed by atoms with Crippen molar-refractivity contribution >= 4 is 32.8 Å². The number of nitro benzene ring substituents is 1. The topological polar surface area (TPSA) is 149 Å². The monoisotopic (exact) mass is 544 g/mol. The van der Waals surface area contributed by atoms with Gasteiger partial charge in [-0.1, -0.05) is 18.2 Å². The van der Waals surface area contributed by atoms with E-state index in [1.165, 1.54) is 25.5 Å². The molecule has 38 heavy (non-hydrogen) atoms. The molecule has 0 fully saturated rings. The number of ether oxygens (including phenoxy) is 2. The highest BCUT2D eigenvalue weighted by atomic mass is 32.2. The predicted octanol–water partition coefficient (Wildman–Crippen LogP) is 4.57. The zero-order valence-corrected chi connectivity index (χ0v) is 22.1. The molecule has 1 unspecified atom stereocenters. The minimum atomic E-state index is -4.72. The smallest absolute Gasteiger partial charge is 0.424 e. The summed E-state index contributed by atoms with van der Waals surface area (Å²) in [6, 6.07) is 7.96. The Morgan fingerprint density at radius 2 is 1.95 bits per heavy atom. The highest BCUT2D eigenvalue weighted by Gasteiger charge is 2.37. The standard InChI is InChI=1S/C26H28N2O9S/c1-6-9-20(29)18-12-13-21(35-5)24-23(18)17(16-36-24)14-15-27(25(30)37-26(2,3)4)38(33,34)22-11-8-7-10-19(22)28(31)32/h1,7-8,10-13,16,20,29H,9,14-15H2,2-5H3. The number of aliphatic hydroxyl groups is 1. The summed E-state index contributed by atoms with van der Waals surface area (Å²) in [7, 11) is -3.27. The molecule has 1 aromatic heterocycles. The fourth-order valence-corrected chi connectivity index (χ4v) is 5.31. The number of furan rings is 1. The molecule has 1 amide bonds. The number of carbonyl (C=O) groups excluding carboxylic acids is 1. The first-order chi connectivity index (χ1) is 17.8. The lowest BCUT2D eigenvalue weighted by atomic mass is 9.98. The first kappa shape index (κ1) is 28.5. The third-order valence-electron chi connectivity index (χ3n) is 5.50. The minimum Gasteiger partial charge on any atom is -0.493 e. The molecular weight excluding hydrogens is 516 g/mol. The highest BCUT2D eigenvalue weighted by Crippen LogP contribution is 2.37. The largest absolute Gasteiger partial charge is 0.493 e. The zero-order chi connectivity index (χ0) is 28.3. The number of amides is 1. The number of sulfonamides is 1. The average Bonchev–Trinajstić information content (AvgIpc) is 3.26. The molecule has 0 radical (unpaired) electrons. The van der Waals surface area contributed by atoms with Gasteiger partial charge < -0.3 is 19.0 Å². The van der Waals surface area contributed by atoms with Crippen LogP contribution in [0.4, 0.5) is 10.5 Å². The van der Waals surface area contributed by atoms with Crippen molar-refractivity contribution in [2.75, 3.05) is 13.7 Å². The molecule has 12 heteroatoms. The van der Waals surface area contributed by atoms with Crippen LogP contribution in [-0.4, -0.2) is 48.1 Å². The molecule has 1 atom stereocenters. The van der Waals surface area contributed by atoms with Crippen molar-refractivity contribution in [3.63, 3.8) is 0 Å². The Kier molecular flexibility index (Phi) is 8.34. The van der Waals surface area contributed by atoms with Gasteiger partial charge in [-0.3, -0.25) is 10.1 Å². The molecule has 0 spiro atoms. The number of rotatable bonds is 9. The summed E-state index contributed by atoms with van der Waals surface area (Å²) < 4.78 is 44.0. The average molecular weight is 545 g/mol. The molecule has 1 heterocycles. The number of nitro groups is 1. The van der Waals surface area contributed by atoms with E-state index in [1.54, 1.807) is 32.9 Å². The van der Waals surface area contributed by atoms with Crippen molar-refractivity contribution in [1.29, 1.82) is 0 Å². The van der Waals surface area contributed by atoms with Gasteiger partial charge in [0.15, 0.2) is 16.2 Å². The first-order valence-electron chi connectivity index (χ1n) is 11.5. The molecule has 0 saturated heterocycles. The van der Waals surface area contributed by atoms with Crippen LogP contribution in [0.15, 0.2) is 52.0 Å². The van der Waals surface area contributed by atoms with Crippen LogP contribution in [0.1, 0.15) is 44.4 Å². The second-order valence-corrected chi connectivity index (χ2v) is 11.1. The number of terminal acetylenes is 1. The summed E-state index contributed by atoms with van der Waals surface area (Å²) in [6.45, 7) is 4.25. The van der Waals surface area contributed by atoms with Crippen LogP contribution in [0.25, 0.3) is 11.0 Å². The lowest BCUT2D eigenvalue weighted by Crippen LogP contribution is -2.42. The lowest BCUT2D eigenvalue weighted by Gasteiger charge is -2.27. The number of aliphatic hydroxyl groups excluding tert-OH is 1. The first-order valence-corrected chi connectivity index (χ1v) is 12.9. The van der Waals surface area contributed by atoms with Gasteiger partial charge in [0.05, 0.1) is 24.4 Å². The van der Waals surface area contributed by atoms with Gasteiger partial charge in [-0.2, -0.15) is 4.31 Å². The zero-order valence-electron chi connectivity index (χ0n) is 21.3. The minimum absolute atomic E-state index is 0.0160. The second-order valence-electron chi connectivity index (χ2n) is 9.28. The molecule has 202 valence electrons. The molecular formula is C26H28N2O9S. The molecule has 0 aliphatic rings. The molecule has 1 N–H and O–H groups in total. The number of benzene rings is 2. The Bertz CT molecular complexity index is 1500. The normalized spacial score (nSPS) is 12.5. The van der Waals surface area contributed by atoms with Gasteiger partial charge in [0, 0.05) is 30.0 Å². The van der Waals surface area contributed by atoms with Crippen molar-refractivity contribution in [3.05, 3.63) is 63.9 Å². The van der Waals surface area contributed by atoms with Gasteiger partial charge in [-0.15, -0.1) is 12.3 Å². The Hall–Kier alpha value is -4.08. The quantitative estimate of drug-likeness (QED) is 0.232. The van der Waals surface area contributed by atoms with E-state index in [-0.39, 0.29) is 12.8 Å². The SMILES string of the molecule is C#CCC(O)c1ccc(OC)c2occ(CCN(C(=O)OC(C)(C)C)S(=O)(=O)c3ccccc3[N+](=O)[O-])c12. The van der Waals surface area contributed by atoms with Gasteiger partial charge in [-0.25, -0.2) is 13.2 Å². The van der Waals surface area contributed by atoms with Crippen LogP contribution in [0.3, 0.4) is 0 Å². The van der Waals surface area contributed by atoms with E-state index in [2.05, 4.69) is 5.92 Å². The van der Waals surface area contributed by atoms with Crippen LogP contribution >= 0.6 is 0 Å². The van der Waals surface area contributed by atoms with Gasteiger partial charge in [0.25, 0.3) is 15.7 Å².